The zero-order chi connectivity index (χ0) is 17.8. The standard InChI is InChI=1S/C19H19ClN2O3/c1-12-16(22-19(24)25-11-13-7-3-2-4-8-13)17(21-18(12)23)14-9-5-6-10-15(14)20/h2-10,12,16-17H,11H2,1H3,(H,21,23)(H,22,24)/t12-,16-,17-/m0/s1. The molecule has 1 aliphatic rings. The van der Waals surface area contributed by atoms with Crippen molar-refractivity contribution in [1.82, 2.24) is 10.6 Å². The summed E-state index contributed by atoms with van der Waals surface area (Å²) in [6, 6.07) is 15.9. The predicted molar refractivity (Wildman–Crippen MR) is 95.1 cm³/mol. The maximum Gasteiger partial charge on any atom is 0.407 e. The first-order valence-corrected chi connectivity index (χ1v) is 8.46. The van der Waals surface area contributed by atoms with Gasteiger partial charge in [0.25, 0.3) is 0 Å². The highest BCUT2D eigenvalue weighted by molar-refractivity contribution is 6.31. The van der Waals surface area contributed by atoms with Crippen molar-refractivity contribution in [1.29, 1.82) is 0 Å². The van der Waals surface area contributed by atoms with Crippen molar-refractivity contribution in [3.8, 4) is 0 Å². The van der Waals surface area contributed by atoms with Crippen molar-refractivity contribution >= 4 is 23.6 Å². The van der Waals surface area contributed by atoms with Crippen LogP contribution in [0.3, 0.4) is 0 Å². The topological polar surface area (TPSA) is 67.4 Å². The van der Waals surface area contributed by atoms with Gasteiger partial charge in [0.15, 0.2) is 0 Å². The fourth-order valence-corrected chi connectivity index (χ4v) is 3.19. The molecule has 0 unspecified atom stereocenters. The van der Waals surface area contributed by atoms with Gasteiger partial charge in [0, 0.05) is 5.02 Å². The first-order valence-electron chi connectivity index (χ1n) is 8.08. The molecule has 130 valence electrons. The van der Waals surface area contributed by atoms with Crippen LogP contribution in [0, 0.1) is 5.92 Å². The minimum atomic E-state index is -0.561. The van der Waals surface area contributed by atoms with Gasteiger partial charge in [-0.25, -0.2) is 4.79 Å². The molecule has 2 N–H and O–H groups in total. The monoisotopic (exact) mass is 358 g/mol. The Bertz CT molecular complexity index is 766. The second-order valence-electron chi connectivity index (χ2n) is 6.03. The Labute approximate surface area is 151 Å². The lowest BCUT2D eigenvalue weighted by atomic mass is 9.95. The van der Waals surface area contributed by atoms with Crippen LogP contribution in [-0.2, 0) is 16.1 Å². The van der Waals surface area contributed by atoms with Gasteiger partial charge in [0.1, 0.15) is 6.61 Å². The predicted octanol–water partition coefficient (Wildman–Crippen LogP) is 3.44. The largest absolute Gasteiger partial charge is 0.445 e. The number of rotatable bonds is 4. The maximum absolute atomic E-state index is 12.2. The normalized spacial score (nSPS) is 22.3. The van der Waals surface area contributed by atoms with Gasteiger partial charge >= 0.3 is 6.09 Å². The number of nitrogens with one attached hydrogen (secondary N) is 2. The van der Waals surface area contributed by atoms with Gasteiger partial charge in [-0.1, -0.05) is 67.1 Å². The summed E-state index contributed by atoms with van der Waals surface area (Å²) in [4.78, 5) is 24.3. The van der Waals surface area contributed by atoms with Gasteiger partial charge in [-0.15, -0.1) is 0 Å². The zero-order valence-corrected chi connectivity index (χ0v) is 14.5. The van der Waals surface area contributed by atoms with Crippen molar-refractivity contribution < 1.29 is 14.3 Å². The summed E-state index contributed by atoms with van der Waals surface area (Å²) in [5.41, 5.74) is 1.67. The van der Waals surface area contributed by atoms with E-state index in [1.54, 1.807) is 13.0 Å². The van der Waals surface area contributed by atoms with E-state index < -0.39 is 12.1 Å². The van der Waals surface area contributed by atoms with Crippen LogP contribution in [0.25, 0.3) is 0 Å². The molecule has 6 heteroatoms. The molecular formula is C19H19ClN2O3. The Morgan fingerprint density at radius 3 is 2.56 bits per heavy atom. The quantitative estimate of drug-likeness (QED) is 0.879. The van der Waals surface area contributed by atoms with Gasteiger partial charge < -0.3 is 15.4 Å². The van der Waals surface area contributed by atoms with Crippen LogP contribution in [0.4, 0.5) is 4.79 Å². The molecule has 1 heterocycles. The van der Waals surface area contributed by atoms with E-state index in [1.807, 2.05) is 48.5 Å². The SMILES string of the molecule is C[C@@H]1C(=O)N[C@@H](c2ccccc2Cl)[C@H]1NC(=O)OCc1ccccc1. The molecule has 3 atom stereocenters. The molecule has 0 aromatic heterocycles. The molecule has 0 spiro atoms. The number of hydrogen-bond acceptors (Lipinski definition) is 3. The van der Waals surface area contributed by atoms with Crippen LogP contribution in [0.15, 0.2) is 54.6 Å². The van der Waals surface area contributed by atoms with E-state index in [4.69, 9.17) is 16.3 Å². The number of ether oxygens (including phenoxy) is 1. The highest BCUT2D eigenvalue weighted by atomic mass is 35.5. The van der Waals surface area contributed by atoms with Crippen molar-refractivity contribution in [2.24, 2.45) is 5.92 Å². The number of carbonyl (C=O) groups is 2. The van der Waals surface area contributed by atoms with E-state index in [9.17, 15) is 9.59 Å². The smallest absolute Gasteiger partial charge is 0.407 e. The van der Waals surface area contributed by atoms with E-state index in [0.29, 0.717) is 5.02 Å². The molecule has 5 nitrogen and oxygen atoms in total. The number of halogens is 1. The average molecular weight is 359 g/mol. The van der Waals surface area contributed by atoms with Crippen LogP contribution in [0.1, 0.15) is 24.1 Å². The molecular weight excluding hydrogens is 340 g/mol. The molecule has 2 aromatic rings. The van der Waals surface area contributed by atoms with Crippen molar-refractivity contribution in [3.63, 3.8) is 0 Å². The summed E-state index contributed by atoms with van der Waals surface area (Å²) in [6.07, 6.45) is -0.561. The summed E-state index contributed by atoms with van der Waals surface area (Å²) in [7, 11) is 0. The Hall–Kier alpha value is -2.53. The van der Waals surface area contributed by atoms with E-state index in [-0.39, 0.29) is 24.5 Å². The van der Waals surface area contributed by atoms with Crippen LogP contribution in [-0.4, -0.2) is 18.0 Å². The van der Waals surface area contributed by atoms with Gasteiger partial charge in [0.05, 0.1) is 18.0 Å². The summed E-state index contributed by atoms with van der Waals surface area (Å²) in [5, 5.41) is 6.25. The molecule has 1 saturated heterocycles. The highest BCUT2D eigenvalue weighted by Crippen LogP contribution is 2.32. The minimum absolute atomic E-state index is 0.127. The maximum atomic E-state index is 12.2. The number of carbonyl (C=O) groups excluding carboxylic acids is 2. The lowest BCUT2D eigenvalue weighted by Gasteiger charge is -2.23. The number of amides is 2. The molecule has 1 aliphatic heterocycles. The molecule has 0 saturated carbocycles. The molecule has 3 rings (SSSR count). The third-order valence-corrected chi connectivity index (χ3v) is 4.69. The number of alkyl carbamates (subject to hydrolysis) is 1. The van der Waals surface area contributed by atoms with Gasteiger partial charge in [0.2, 0.25) is 5.91 Å². The number of hydrogen-bond donors (Lipinski definition) is 2. The van der Waals surface area contributed by atoms with Gasteiger partial charge in [-0.2, -0.15) is 0 Å². The van der Waals surface area contributed by atoms with Gasteiger partial charge in [-0.3, -0.25) is 4.79 Å². The Kier molecular flexibility index (Phi) is 5.24. The first-order chi connectivity index (χ1) is 12.1. The van der Waals surface area contributed by atoms with Crippen LogP contribution < -0.4 is 10.6 Å². The van der Waals surface area contributed by atoms with E-state index in [1.165, 1.54) is 0 Å². The van der Waals surface area contributed by atoms with Crippen LogP contribution >= 0.6 is 11.6 Å². The first kappa shape index (κ1) is 17.3. The summed E-state index contributed by atoms with van der Waals surface area (Å²) >= 11 is 6.25. The van der Waals surface area contributed by atoms with Crippen LogP contribution in [0.5, 0.6) is 0 Å². The van der Waals surface area contributed by atoms with Crippen LogP contribution in [0.2, 0.25) is 5.02 Å². The van der Waals surface area contributed by atoms with E-state index >= 15 is 0 Å². The Balaban J connectivity index is 1.69. The molecule has 25 heavy (non-hydrogen) atoms. The van der Waals surface area contributed by atoms with Crippen molar-refractivity contribution in [3.05, 3.63) is 70.7 Å². The lowest BCUT2D eigenvalue weighted by molar-refractivity contribution is -0.122. The molecule has 2 amide bonds. The van der Waals surface area contributed by atoms with Crippen molar-refractivity contribution in [2.75, 3.05) is 0 Å². The van der Waals surface area contributed by atoms with E-state index in [0.717, 1.165) is 11.1 Å². The Morgan fingerprint density at radius 1 is 1.16 bits per heavy atom. The zero-order valence-electron chi connectivity index (χ0n) is 13.7. The lowest BCUT2D eigenvalue weighted by Crippen LogP contribution is -2.41. The third-order valence-electron chi connectivity index (χ3n) is 4.35. The fourth-order valence-electron chi connectivity index (χ4n) is 2.93. The summed E-state index contributed by atoms with van der Waals surface area (Å²) in [6.45, 7) is 1.94. The second-order valence-corrected chi connectivity index (χ2v) is 6.44. The Morgan fingerprint density at radius 2 is 1.84 bits per heavy atom. The second kappa shape index (κ2) is 7.57. The molecule has 0 aliphatic carbocycles. The fraction of sp³-hybridized carbons (Fsp3) is 0.263. The third kappa shape index (κ3) is 3.94. The highest BCUT2D eigenvalue weighted by Gasteiger charge is 2.42. The van der Waals surface area contributed by atoms with Gasteiger partial charge in [-0.05, 0) is 17.2 Å². The molecule has 0 bridgehead atoms. The minimum Gasteiger partial charge on any atom is -0.445 e. The number of benzene rings is 2. The molecule has 2 aromatic carbocycles. The molecule has 0 radical (unpaired) electrons. The summed E-state index contributed by atoms with van der Waals surface area (Å²) in [5.74, 6) is -0.510. The molecule has 1 fully saturated rings. The summed E-state index contributed by atoms with van der Waals surface area (Å²) < 4.78 is 5.27. The average Bonchev–Trinajstić information content (AvgIpc) is 2.89. The van der Waals surface area contributed by atoms with E-state index in [2.05, 4.69) is 10.6 Å². The van der Waals surface area contributed by atoms with Crippen molar-refractivity contribution in [2.45, 2.75) is 25.6 Å².